The summed E-state index contributed by atoms with van der Waals surface area (Å²) in [7, 11) is 1.81. The van der Waals surface area contributed by atoms with Gasteiger partial charge in [-0.25, -0.2) is 0 Å². The van der Waals surface area contributed by atoms with Crippen LogP contribution in [0.15, 0.2) is 36.4 Å². The molecule has 2 N–H and O–H groups in total. The van der Waals surface area contributed by atoms with E-state index in [0.717, 1.165) is 36.9 Å². The minimum absolute atomic E-state index is 0.0380. The van der Waals surface area contributed by atoms with E-state index in [1.807, 2.05) is 18.2 Å². The van der Waals surface area contributed by atoms with Crippen LogP contribution in [0.5, 0.6) is 0 Å². The lowest BCUT2D eigenvalue weighted by atomic mass is 9.75. The van der Waals surface area contributed by atoms with Crippen LogP contribution >= 0.6 is 0 Å². The first-order valence-corrected chi connectivity index (χ1v) is 7.36. The first kappa shape index (κ1) is 13.5. The molecule has 1 aromatic carbocycles. The zero-order chi connectivity index (χ0) is 14.0. The molecule has 0 bridgehead atoms. The number of ether oxygens (including phenoxy) is 1. The lowest BCUT2D eigenvalue weighted by molar-refractivity contribution is -0.0813. The molecule has 0 spiro atoms. The monoisotopic (exact) mass is 270 g/mol. The van der Waals surface area contributed by atoms with Crippen LogP contribution in [0.25, 0.3) is 10.9 Å². The van der Waals surface area contributed by atoms with Crippen LogP contribution in [-0.2, 0) is 11.2 Å². The molecular formula is C17H22N2O. The Kier molecular flexibility index (Phi) is 3.72. The van der Waals surface area contributed by atoms with E-state index in [1.54, 1.807) is 7.11 Å². The SMILES string of the molecule is COC1(CC(N)Cc2ccc3ccccc3n2)CCC1. The number of hydrogen-bond acceptors (Lipinski definition) is 3. The number of pyridine rings is 1. The lowest BCUT2D eigenvalue weighted by Gasteiger charge is -2.42. The largest absolute Gasteiger partial charge is 0.378 e. The Morgan fingerprint density at radius 1 is 1.25 bits per heavy atom. The molecule has 20 heavy (non-hydrogen) atoms. The fourth-order valence-electron chi connectivity index (χ4n) is 3.10. The summed E-state index contributed by atoms with van der Waals surface area (Å²) >= 11 is 0. The minimum Gasteiger partial charge on any atom is -0.378 e. The van der Waals surface area contributed by atoms with Crippen molar-refractivity contribution in [3.05, 3.63) is 42.1 Å². The van der Waals surface area contributed by atoms with E-state index in [2.05, 4.69) is 18.2 Å². The van der Waals surface area contributed by atoms with Crippen molar-refractivity contribution < 1.29 is 4.74 Å². The summed E-state index contributed by atoms with van der Waals surface area (Å²) in [4.78, 5) is 4.69. The van der Waals surface area contributed by atoms with Crippen LogP contribution in [0.4, 0.5) is 0 Å². The van der Waals surface area contributed by atoms with E-state index in [0.29, 0.717) is 0 Å². The molecule has 106 valence electrons. The smallest absolute Gasteiger partial charge is 0.0705 e. The zero-order valence-corrected chi connectivity index (χ0v) is 12.0. The predicted octanol–water partition coefficient (Wildman–Crippen LogP) is 3.06. The Balaban J connectivity index is 1.69. The number of para-hydroxylation sites is 1. The molecule has 0 aliphatic heterocycles. The first-order chi connectivity index (χ1) is 9.71. The van der Waals surface area contributed by atoms with Gasteiger partial charge in [0.15, 0.2) is 0 Å². The quantitative estimate of drug-likeness (QED) is 0.908. The Labute approximate surface area is 120 Å². The molecule has 3 nitrogen and oxygen atoms in total. The van der Waals surface area contributed by atoms with E-state index < -0.39 is 0 Å². The van der Waals surface area contributed by atoms with Gasteiger partial charge in [0, 0.05) is 30.7 Å². The first-order valence-electron chi connectivity index (χ1n) is 7.36. The molecule has 1 aliphatic carbocycles. The highest BCUT2D eigenvalue weighted by Gasteiger charge is 2.38. The summed E-state index contributed by atoms with van der Waals surface area (Å²) in [5, 5.41) is 1.18. The summed E-state index contributed by atoms with van der Waals surface area (Å²) in [6, 6.07) is 12.5. The maximum Gasteiger partial charge on any atom is 0.0705 e. The maximum atomic E-state index is 6.30. The number of nitrogens with zero attached hydrogens (tertiary/aromatic N) is 1. The molecule has 3 rings (SSSR count). The normalized spacial score (nSPS) is 18.7. The van der Waals surface area contributed by atoms with Gasteiger partial charge in [-0.05, 0) is 37.8 Å². The summed E-state index contributed by atoms with van der Waals surface area (Å²) in [6.45, 7) is 0. The number of aromatic nitrogens is 1. The molecule has 1 aliphatic rings. The van der Waals surface area contributed by atoms with Crippen LogP contribution in [-0.4, -0.2) is 23.7 Å². The predicted molar refractivity (Wildman–Crippen MR) is 81.6 cm³/mol. The van der Waals surface area contributed by atoms with E-state index in [1.165, 1.54) is 11.8 Å². The Morgan fingerprint density at radius 2 is 2.05 bits per heavy atom. The third kappa shape index (κ3) is 2.69. The van der Waals surface area contributed by atoms with Gasteiger partial charge in [-0.3, -0.25) is 4.98 Å². The number of hydrogen-bond donors (Lipinski definition) is 1. The highest BCUT2D eigenvalue weighted by atomic mass is 16.5. The highest BCUT2D eigenvalue weighted by molar-refractivity contribution is 5.78. The molecule has 0 amide bonds. The van der Waals surface area contributed by atoms with Gasteiger partial charge in [0.1, 0.15) is 0 Å². The van der Waals surface area contributed by atoms with Gasteiger partial charge in [0.2, 0.25) is 0 Å². The van der Waals surface area contributed by atoms with Crippen molar-refractivity contribution in [3.63, 3.8) is 0 Å². The number of fused-ring (bicyclic) bond motifs is 1. The topological polar surface area (TPSA) is 48.1 Å². The fourth-order valence-corrected chi connectivity index (χ4v) is 3.10. The van der Waals surface area contributed by atoms with Gasteiger partial charge >= 0.3 is 0 Å². The molecule has 1 saturated carbocycles. The second kappa shape index (κ2) is 5.51. The van der Waals surface area contributed by atoms with Gasteiger partial charge in [0.05, 0.1) is 11.1 Å². The van der Waals surface area contributed by atoms with Crippen LogP contribution in [0.3, 0.4) is 0 Å². The Morgan fingerprint density at radius 3 is 2.75 bits per heavy atom. The molecule has 3 heteroatoms. The summed E-state index contributed by atoms with van der Waals surface area (Å²) in [5.74, 6) is 0. The van der Waals surface area contributed by atoms with Gasteiger partial charge in [0.25, 0.3) is 0 Å². The number of rotatable bonds is 5. The van der Waals surface area contributed by atoms with Crippen LogP contribution in [0.1, 0.15) is 31.4 Å². The second-order valence-electron chi connectivity index (χ2n) is 5.90. The number of benzene rings is 1. The fraction of sp³-hybridized carbons (Fsp3) is 0.471. The van der Waals surface area contributed by atoms with E-state index in [-0.39, 0.29) is 11.6 Å². The van der Waals surface area contributed by atoms with Crippen molar-refractivity contribution in [2.24, 2.45) is 5.73 Å². The summed E-state index contributed by atoms with van der Waals surface area (Å²) in [5.41, 5.74) is 8.45. The van der Waals surface area contributed by atoms with Crippen molar-refractivity contribution in [2.45, 2.75) is 43.7 Å². The standard InChI is InChI=1S/C17H22N2O/c1-20-17(9-4-10-17)12-14(18)11-15-8-7-13-5-2-3-6-16(13)19-15/h2-3,5-8,14H,4,9-12,18H2,1H3. The lowest BCUT2D eigenvalue weighted by Crippen LogP contribution is -2.45. The molecule has 0 radical (unpaired) electrons. The molecule has 0 saturated heterocycles. The van der Waals surface area contributed by atoms with Crippen LogP contribution in [0.2, 0.25) is 0 Å². The van der Waals surface area contributed by atoms with Crippen molar-refractivity contribution >= 4 is 10.9 Å². The molecule has 1 fully saturated rings. The second-order valence-corrected chi connectivity index (χ2v) is 5.90. The maximum absolute atomic E-state index is 6.30. The van der Waals surface area contributed by atoms with Crippen molar-refractivity contribution in [1.82, 2.24) is 4.98 Å². The highest BCUT2D eigenvalue weighted by Crippen LogP contribution is 2.38. The third-order valence-corrected chi connectivity index (χ3v) is 4.46. The number of methoxy groups -OCH3 is 1. The van der Waals surface area contributed by atoms with Gasteiger partial charge in [-0.15, -0.1) is 0 Å². The summed E-state index contributed by atoms with van der Waals surface area (Å²) in [6.07, 6.45) is 5.29. The molecular weight excluding hydrogens is 248 g/mol. The van der Waals surface area contributed by atoms with E-state index >= 15 is 0 Å². The summed E-state index contributed by atoms with van der Waals surface area (Å²) < 4.78 is 5.65. The number of nitrogens with two attached hydrogens (primary N) is 1. The Bertz CT molecular complexity index is 587. The molecule has 1 heterocycles. The van der Waals surface area contributed by atoms with Gasteiger partial charge in [-0.1, -0.05) is 24.3 Å². The molecule has 1 aromatic heterocycles. The van der Waals surface area contributed by atoms with Crippen LogP contribution in [0, 0.1) is 0 Å². The molecule has 2 aromatic rings. The van der Waals surface area contributed by atoms with Crippen molar-refractivity contribution in [2.75, 3.05) is 7.11 Å². The average Bonchev–Trinajstić information content (AvgIpc) is 2.43. The van der Waals surface area contributed by atoms with Gasteiger partial charge in [-0.2, -0.15) is 0 Å². The van der Waals surface area contributed by atoms with Crippen molar-refractivity contribution in [3.8, 4) is 0 Å². The third-order valence-electron chi connectivity index (χ3n) is 4.46. The van der Waals surface area contributed by atoms with E-state index in [9.17, 15) is 0 Å². The molecule has 1 atom stereocenters. The molecule has 1 unspecified atom stereocenters. The van der Waals surface area contributed by atoms with Crippen LogP contribution < -0.4 is 5.73 Å². The van der Waals surface area contributed by atoms with Gasteiger partial charge < -0.3 is 10.5 Å². The minimum atomic E-state index is 0.0380. The van der Waals surface area contributed by atoms with Crippen molar-refractivity contribution in [1.29, 1.82) is 0 Å². The average molecular weight is 270 g/mol. The zero-order valence-electron chi connectivity index (χ0n) is 12.0. The van der Waals surface area contributed by atoms with E-state index in [4.69, 9.17) is 15.5 Å². The Hall–Kier alpha value is -1.45.